The molecule has 2 amide bonds. The van der Waals surface area contributed by atoms with Crippen LogP contribution in [0.1, 0.15) is 11.1 Å². The third-order valence-corrected chi connectivity index (χ3v) is 2.96. The molecule has 0 aliphatic rings. The second-order valence-corrected chi connectivity index (χ2v) is 4.54. The van der Waals surface area contributed by atoms with Gasteiger partial charge in [0.15, 0.2) is 0 Å². The molecule has 104 valence electrons. The van der Waals surface area contributed by atoms with Gasteiger partial charge in [0.25, 0.3) is 0 Å². The number of nitrogens with two attached hydrogens (primary N) is 1. The normalized spacial score (nSPS) is 10.1. The number of urea groups is 1. The van der Waals surface area contributed by atoms with Gasteiger partial charge >= 0.3 is 6.03 Å². The topological polar surface area (TPSA) is 71.2 Å². The van der Waals surface area contributed by atoms with Crippen LogP contribution < -0.4 is 11.1 Å². The highest BCUT2D eigenvalue weighted by Crippen LogP contribution is 2.10. The monoisotopic (exact) mass is 270 g/mol. The van der Waals surface area contributed by atoms with E-state index in [0.717, 1.165) is 16.8 Å². The van der Waals surface area contributed by atoms with Crippen LogP contribution in [0.25, 0.3) is 0 Å². The van der Waals surface area contributed by atoms with Gasteiger partial charge < -0.3 is 16.0 Å². The van der Waals surface area contributed by atoms with E-state index >= 15 is 0 Å². The number of rotatable bonds is 4. The average Bonchev–Trinajstić information content (AvgIpc) is 2.49. The molecule has 5 heteroatoms. The van der Waals surface area contributed by atoms with Crippen LogP contribution in [0.4, 0.5) is 10.5 Å². The van der Waals surface area contributed by atoms with Crippen LogP contribution in [0.5, 0.6) is 0 Å². The number of nitrogens with one attached hydrogen (secondary N) is 1. The van der Waals surface area contributed by atoms with Crippen molar-refractivity contribution >= 4 is 11.7 Å². The van der Waals surface area contributed by atoms with E-state index in [9.17, 15) is 4.79 Å². The first-order valence-corrected chi connectivity index (χ1v) is 6.39. The average molecular weight is 270 g/mol. The van der Waals surface area contributed by atoms with Crippen molar-refractivity contribution in [1.82, 2.24) is 9.88 Å². The van der Waals surface area contributed by atoms with E-state index in [4.69, 9.17) is 5.73 Å². The van der Waals surface area contributed by atoms with Crippen LogP contribution in [0.15, 0.2) is 48.8 Å². The van der Waals surface area contributed by atoms with Crippen molar-refractivity contribution in [1.29, 1.82) is 0 Å². The fourth-order valence-corrected chi connectivity index (χ4v) is 1.78. The zero-order valence-electron chi connectivity index (χ0n) is 11.4. The Morgan fingerprint density at radius 1 is 1.15 bits per heavy atom. The van der Waals surface area contributed by atoms with E-state index in [1.165, 1.54) is 0 Å². The number of hydrogen-bond acceptors (Lipinski definition) is 3. The summed E-state index contributed by atoms with van der Waals surface area (Å²) in [6.07, 6.45) is 3.43. The summed E-state index contributed by atoms with van der Waals surface area (Å²) in [6.45, 7) is 1.03. The highest BCUT2D eigenvalue weighted by molar-refractivity contribution is 5.89. The molecule has 0 unspecified atom stereocenters. The quantitative estimate of drug-likeness (QED) is 0.894. The molecule has 0 fully saturated rings. The predicted molar refractivity (Wildman–Crippen MR) is 79.1 cm³/mol. The first-order chi connectivity index (χ1) is 9.69. The van der Waals surface area contributed by atoms with Gasteiger partial charge in [-0.05, 0) is 35.4 Å². The maximum absolute atomic E-state index is 12.0. The maximum atomic E-state index is 12.0. The van der Waals surface area contributed by atoms with Gasteiger partial charge in [0, 0.05) is 38.2 Å². The van der Waals surface area contributed by atoms with Crippen LogP contribution in [0.2, 0.25) is 0 Å². The highest BCUT2D eigenvalue weighted by atomic mass is 16.2. The van der Waals surface area contributed by atoms with Gasteiger partial charge in [0.05, 0.1) is 0 Å². The number of benzene rings is 1. The van der Waals surface area contributed by atoms with Crippen molar-refractivity contribution in [3.05, 3.63) is 59.9 Å². The summed E-state index contributed by atoms with van der Waals surface area (Å²) in [4.78, 5) is 17.6. The molecule has 1 aromatic carbocycles. The molecule has 20 heavy (non-hydrogen) atoms. The molecule has 3 N–H and O–H groups in total. The van der Waals surface area contributed by atoms with Crippen molar-refractivity contribution in [3.63, 3.8) is 0 Å². The molecule has 0 aliphatic carbocycles. The summed E-state index contributed by atoms with van der Waals surface area (Å²) in [6, 6.07) is 11.1. The Kier molecular flexibility index (Phi) is 4.68. The lowest BCUT2D eigenvalue weighted by Gasteiger charge is -2.18. The number of aromatic nitrogens is 1. The number of carbonyl (C=O) groups excluding carboxylic acids is 1. The van der Waals surface area contributed by atoms with Gasteiger partial charge in [-0.1, -0.05) is 12.1 Å². The van der Waals surface area contributed by atoms with Crippen LogP contribution in [-0.2, 0) is 13.1 Å². The Balaban J connectivity index is 1.93. The Morgan fingerprint density at radius 3 is 2.40 bits per heavy atom. The summed E-state index contributed by atoms with van der Waals surface area (Å²) < 4.78 is 0. The first-order valence-electron chi connectivity index (χ1n) is 6.39. The number of pyridine rings is 1. The van der Waals surface area contributed by atoms with Crippen molar-refractivity contribution in [2.75, 3.05) is 12.4 Å². The third-order valence-electron chi connectivity index (χ3n) is 2.96. The zero-order valence-corrected chi connectivity index (χ0v) is 11.4. The van der Waals surface area contributed by atoms with Crippen LogP contribution in [-0.4, -0.2) is 23.0 Å². The second-order valence-electron chi connectivity index (χ2n) is 4.54. The smallest absolute Gasteiger partial charge is 0.321 e. The van der Waals surface area contributed by atoms with Crippen molar-refractivity contribution in [3.8, 4) is 0 Å². The van der Waals surface area contributed by atoms with Crippen molar-refractivity contribution in [2.24, 2.45) is 5.73 Å². The Hall–Kier alpha value is -2.40. The molecular formula is C15H18N4O. The number of amides is 2. The molecule has 0 bridgehead atoms. The summed E-state index contributed by atoms with van der Waals surface area (Å²) >= 11 is 0. The fourth-order valence-electron chi connectivity index (χ4n) is 1.78. The number of carbonyl (C=O) groups is 1. The maximum Gasteiger partial charge on any atom is 0.321 e. The Morgan fingerprint density at radius 2 is 1.80 bits per heavy atom. The lowest BCUT2D eigenvalue weighted by atomic mass is 10.2. The molecule has 0 atom stereocenters. The molecule has 1 aromatic heterocycles. The molecule has 0 saturated heterocycles. The fraction of sp³-hybridized carbons (Fsp3) is 0.200. The molecule has 2 aromatic rings. The summed E-state index contributed by atoms with van der Waals surface area (Å²) in [5.74, 6) is 0. The molecular weight excluding hydrogens is 252 g/mol. The van der Waals surface area contributed by atoms with E-state index in [-0.39, 0.29) is 6.03 Å². The van der Waals surface area contributed by atoms with Gasteiger partial charge in [0.1, 0.15) is 0 Å². The van der Waals surface area contributed by atoms with E-state index in [0.29, 0.717) is 13.1 Å². The summed E-state index contributed by atoms with van der Waals surface area (Å²) in [5.41, 5.74) is 8.37. The van der Waals surface area contributed by atoms with E-state index in [2.05, 4.69) is 10.3 Å². The lowest BCUT2D eigenvalue weighted by molar-refractivity contribution is 0.220. The van der Waals surface area contributed by atoms with E-state index in [1.54, 1.807) is 24.3 Å². The minimum atomic E-state index is -0.151. The third kappa shape index (κ3) is 3.80. The highest BCUT2D eigenvalue weighted by Gasteiger charge is 2.09. The van der Waals surface area contributed by atoms with Crippen molar-refractivity contribution < 1.29 is 4.79 Å². The number of nitrogens with zero attached hydrogens (tertiary/aromatic N) is 2. The lowest BCUT2D eigenvalue weighted by Crippen LogP contribution is -2.30. The van der Waals surface area contributed by atoms with Crippen LogP contribution in [0.3, 0.4) is 0 Å². The Labute approximate surface area is 118 Å². The van der Waals surface area contributed by atoms with Crippen LogP contribution >= 0.6 is 0 Å². The van der Waals surface area contributed by atoms with Gasteiger partial charge in [-0.15, -0.1) is 0 Å². The van der Waals surface area contributed by atoms with Gasteiger partial charge in [-0.3, -0.25) is 4.98 Å². The van der Waals surface area contributed by atoms with Crippen LogP contribution in [0, 0.1) is 0 Å². The zero-order chi connectivity index (χ0) is 14.4. The van der Waals surface area contributed by atoms with Gasteiger partial charge in [-0.2, -0.15) is 0 Å². The van der Waals surface area contributed by atoms with E-state index < -0.39 is 0 Å². The second kappa shape index (κ2) is 6.68. The minimum Gasteiger partial charge on any atom is -0.326 e. The van der Waals surface area contributed by atoms with Gasteiger partial charge in [-0.25, -0.2) is 4.79 Å². The number of hydrogen-bond donors (Lipinski definition) is 2. The summed E-state index contributed by atoms with van der Waals surface area (Å²) in [7, 11) is 1.75. The largest absolute Gasteiger partial charge is 0.326 e. The van der Waals surface area contributed by atoms with Crippen molar-refractivity contribution in [2.45, 2.75) is 13.1 Å². The molecule has 0 spiro atoms. The molecule has 0 aliphatic heterocycles. The van der Waals surface area contributed by atoms with E-state index in [1.807, 2.05) is 36.4 Å². The first kappa shape index (κ1) is 14.0. The number of anilines is 1. The Bertz CT molecular complexity index is 554. The molecule has 5 nitrogen and oxygen atoms in total. The predicted octanol–water partition coefficient (Wildman–Crippen LogP) is 2.20. The summed E-state index contributed by atoms with van der Waals surface area (Å²) in [5, 5.41) is 2.84. The molecule has 2 rings (SSSR count). The molecule has 0 radical (unpaired) electrons. The molecule has 1 heterocycles. The minimum absolute atomic E-state index is 0.151. The standard InChI is InChI=1S/C15H18N4O/c1-19(11-13-6-8-17-9-7-13)15(20)18-14-4-2-12(10-16)3-5-14/h2-9H,10-11,16H2,1H3,(H,18,20). The van der Waals surface area contributed by atoms with Gasteiger partial charge in [0.2, 0.25) is 0 Å². The molecule has 0 saturated carbocycles. The SMILES string of the molecule is CN(Cc1ccncc1)C(=O)Nc1ccc(CN)cc1.